The van der Waals surface area contributed by atoms with Gasteiger partial charge in [-0.3, -0.25) is 0 Å². The Kier molecular flexibility index (Phi) is 2.14. The first-order valence-electron chi connectivity index (χ1n) is 2.97. The van der Waals surface area contributed by atoms with Gasteiger partial charge in [-0.25, -0.2) is 0 Å². The van der Waals surface area contributed by atoms with Gasteiger partial charge in [-0.2, -0.15) is 0 Å². The van der Waals surface area contributed by atoms with Crippen LogP contribution in [-0.4, -0.2) is 17.3 Å². The van der Waals surface area contributed by atoms with E-state index in [9.17, 15) is 0 Å². The number of hydrogen-bond acceptors (Lipinski definition) is 3. The fraction of sp³-hybridized carbons (Fsp3) is 0.143. The van der Waals surface area contributed by atoms with Crippen LogP contribution in [0.5, 0.6) is 0 Å². The topological polar surface area (TPSA) is 38.1 Å². The van der Waals surface area contributed by atoms with E-state index >= 15 is 0 Å². The first-order chi connectivity index (χ1) is 5.11. The minimum absolute atomic E-state index is 0.154. The maximum absolute atomic E-state index is 4.79. The molecule has 4 heteroatoms. The Morgan fingerprint density at radius 3 is 2.55 bits per heavy atom. The van der Waals surface area contributed by atoms with Gasteiger partial charge in [0.1, 0.15) is 0 Å². The minimum Gasteiger partial charge on any atom is -0.355 e. The summed E-state index contributed by atoms with van der Waals surface area (Å²) in [6, 6.07) is 0. The van der Waals surface area contributed by atoms with Crippen LogP contribution < -0.4 is 15.4 Å². The summed E-state index contributed by atoms with van der Waals surface area (Å²) in [5.41, 5.74) is 0.498. The molecule has 0 aliphatic rings. The van der Waals surface area contributed by atoms with E-state index in [1.807, 2.05) is 6.26 Å². The zero-order valence-corrected chi connectivity index (χ0v) is 7.20. The monoisotopic (exact) mass is 170 g/mol. The fourth-order valence-electron chi connectivity index (χ4n) is 0.588. The van der Waals surface area contributed by atoms with Gasteiger partial charge in [-0.1, -0.05) is 24.2 Å². The van der Waals surface area contributed by atoms with Crippen molar-refractivity contribution in [3.8, 4) is 0 Å². The Morgan fingerprint density at radius 1 is 1.55 bits per heavy atom. The third kappa shape index (κ3) is 1.71. The standard InChI is InChI=1S/C7H10N2OS/c1-5-6(2)10-8-7(5)9-11(3)4/h1-3H2,4H3,(H,8,9). The van der Waals surface area contributed by atoms with Gasteiger partial charge in [0.05, 0.1) is 5.22 Å². The van der Waals surface area contributed by atoms with Crippen LogP contribution in [-0.2, 0) is 0 Å². The predicted molar refractivity (Wildman–Crippen MR) is 51.1 cm³/mol. The highest BCUT2D eigenvalue weighted by Gasteiger charge is 1.97. The average molecular weight is 170 g/mol. The van der Waals surface area contributed by atoms with E-state index in [1.165, 1.54) is 0 Å². The zero-order valence-electron chi connectivity index (χ0n) is 6.39. The lowest BCUT2D eigenvalue weighted by Crippen LogP contribution is -2.18. The molecule has 0 fully saturated rings. The molecule has 60 valence electrons. The Morgan fingerprint density at radius 2 is 2.18 bits per heavy atom. The van der Waals surface area contributed by atoms with E-state index in [-0.39, 0.29) is 10.7 Å². The molecule has 0 radical (unpaired) electrons. The van der Waals surface area contributed by atoms with Crippen LogP contribution in [0.4, 0.5) is 5.82 Å². The van der Waals surface area contributed by atoms with Crippen molar-refractivity contribution in [2.45, 2.75) is 0 Å². The number of nitrogens with zero attached hydrogens (tertiary/aromatic N) is 1. The molecular weight excluding hydrogens is 160 g/mol. The third-order valence-electron chi connectivity index (χ3n) is 1.14. The molecule has 0 amide bonds. The van der Waals surface area contributed by atoms with E-state index in [0.29, 0.717) is 16.5 Å². The van der Waals surface area contributed by atoms with Crippen molar-refractivity contribution < 1.29 is 4.52 Å². The molecule has 0 aromatic carbocycles. The maximum atomic E-state index is 4.79. The molecule has 1 rings (SSSR count). The molecule has 11 heavy (non-hydrogen) atoms. The molecule has 1 atom stereocenters. The Labute approximate surface area is 67.5 Å². The lowest BCUT2D eigenvalue weighted by molar-refractivity contribution is 0.398. The van der Waals surface area contributed by atoms with Gasteiger partial charge < -0.3 is 9.25 Å². The lowest BCUT2D eigenvalue weighted by atomic mass is 10.5. The Balaban J connectivity index is 3.06. The zero-order chi connectivity index (χ0) is 8.43. The van der Waals surface area contributed by atoms with Crippen molar-refractivity contribution in [2.75, 3.05) is 11.0 Å². The molecular formula is C7H10N2OS. The molecule has 1 aromatic heterocycles. The van der Waals surface area contributed by atoms with Crippen molar-refractivity contribution in [2.24, 2.45) is 0 Å². The van der Waals surface area contributed by atoms with Crippen LogP contribution in [0.3, 0.4) is 0 Å². The van der Waals surface area contributed by atoms with Crippen molar-refractivity contribution in [3.63, 3.8) is 0 Å². The summed E-state index contributed by atoms with van der Waals surface area (Å²) in [6.45, 7) is 7.33. The number of nitrogens with one attached hydrogen (secondary N) is 1. The molecule has 3 nitrogen and oxygen atoms in total. The second-order valence-corrected chi connectivity index (χ2v) is 3.65. The van der Waals surface area contributed by atoms with E-state index in [0.717, 1.165) is 0 Å². The van der Waals surface area contributed by atoms with Crippen molar-refractivity contribution in [1.82, 2.24) is 5.16 Å². The number of rotatable bonds is 2. The first-order valence-corrected chi connectivity index (χ1v) is 4.77. The first kappa shape index (κ1) is 8.07. The van der Waals surface area contributed by atoms with Crippen LogP contribution in [0, 0.1) is 0 Å². The van der Waals surface area contributed by atoms with Gasteiger partial charge in [0.15, 0.2) is 11.2 Å². The van der Waals surface area contributed by atoms with Crippen molar-refractivity contribution in [1.29, 1.82) is 0 Å². The SMILES string of the molecule is C=c1onc(NS(=C)C)c1=C. The molecule has 0 bridgehead atoms. The normalized spacial score (nSPS) is 12.8. The number of anilines is 1. The van der Waals surface area contributed by atoms with Gasteiger partial charge >= 0.3 is 0 Å². The highest BCUT2D eigenvalue weighted by atomic mass is 32.2. The summed E-state index contributed by atoms with van der Waals surface area (Å²) in [5.74, 6) is 4.41. The second-order valence-electron chi connectivity index (χ2n) is 2.17. The molecule has 0 saturated carbocycles. The second kappa shape index (κ2) is 2.92. The molecule has 1 heterocycles. The highest BCUT2D eigenvalue weighted by molar-refractivity contribution is 8.14. The van der Waals surface area contributed by atoms with E-state index in [1.54, 1.807) is 0 Å². The largest absolute Gasteiger partial charge is 0.355 e. The molecule has 1 unspecified atom stereocenters. The Bertz CT molecular complexity index is 368. The maximum Gasteiger partial charge on any atom is 0.186 e. The van der Waals surface area contributed by atoms with Crippen LogP contribution in [0.15, 0.2) is 4.52 Å². The van der Waals surface area contributed by atoms with Crippen LogP contribution in [0.25, 0.3) is 13.2 Å². The minimum atomic E-state index is -0.154. The van der Waals surface area contributed by atoms with E-state index in [2.05, 4.69) is 28.9 Å². The summed E-state index contributed by atoms with van der Waals surface area (Å²) in [5, 5.41) is 4.41. The summed E-state index contributed by atoms with van der Waals surface area (Å²) in [4.78, 5) is 0. The molecule has 0 aliphatic carbocycles. The van der Waals surface area contributed by atoms with Gasteiger partial charge in [0, 0.05) is 0 Å². The number of hydrogen-bond donors (Lipinski definition) is 1. The van der Waals surface area contributed by atoms with Gasteiger partial charge in [-0.05, 0) is 6.26 Å². The molecule has 1 N–H and O–H groups in total. The lowest BCUT2D eigenvalue weighted by Gasteiger charge is -1.98. The van der Waals surface area contributed by atoms with E-state index < -0.39 is 0 Å². The summed E-state index contributed by atoms with van der Waals surface area (Å²) in [6.07, 6.45) is 1.94. The fourth-order valence-corrected chi connectivity index (χ4v) is 1.08. The van der Waals surface area contributed by atoms with E-state index in [4.69, 9.17) is 4.52 Å². The van der Waals surface area contributed by atoms with Crippen LogP contribution in [0.2, 0.25) is 0 Å². The van der Waals surface area contributed by atoms with Gasteiger partial charge in [0.25, 0.3) is 0 Å². The quantitative estimate of drug-likeness (QED) is 0.642. The highest BCUT2D eigenvalue weighted by Crippen LogP contribution is 2.03. The molecule has 1 aromatic rings. The molecule has 0 aliphatic heterocycles. The van der Waals surface area contributed by atoms with Crippen molar-refractivity contribution in [3.05, 3.63) is 10.6 Å². The smallest absolute Gasteiger partial charge is 0.186 e. The summed E-state index contributed by atoms with van der Waals surface area (Å²) >= 11 is 0. The summed E-state index contributed by atoms with van der Waals surface area (Å²) in [7, 11) is -0.154. The van der Waals surface area contributed by atoms with Gasteiger partial charge in [0.2, 0.25) is 0 Å². The van der Waals surface area contributed by atoms with Crippen LogP contribution in [0.1, 0.15) is 0 Å². The number of aromatic nitrogens is 1. The molecule has 0 spiro atoms. The van der Waals surface area contributed by atoms with Crippen molar-refractivity contribution >= 4 is 35.5 Å². The Hall–Kier alpha value is -1.03. The third-order valence-corrected chi connectivity index (χ3v) is 1.68. The predicted octanol–water partition coefficient (Wildman–Crippen LogP) is 0.153. The average Bonchev–Trinajstić information content (AvgIpc) is 2.18. The van der Waals surface area contributed by atoms with Gasteiger partial charge in [-0.15, -0.1) is 10.7 Å². The molecule has 0 saturated heterocycles. The van der Waals surface area contributed by atoms with Crippen LogP contribution >= 0.6 is 10.7 Å². The summed E-state index contributed by atoms with van der Waals surface area (Å²) < 4.78 is 7.79.